The summed E-state index contributed by atoms with van der Waals surface area (Å²) < 4.78 is 0. The summed E-state index contributed by atoms with van der Waals surface area (Å²) in [5.41, 5.74) is 1.19. The summed E-state index contributed by atoms with van der Waals surface area (Å²) in [6.07, 6.45) is 4.66. The highest BCUT2D eigenvalue weighted by molar-refractivity contribution is 6.30. The number of likely N-dealkylation sites (tertiary alicyclic amines) is 1. The van der Waals surface area contributed by atoms with E-state index in [0.29, 0.717) is 6.54 Å². The van der Waals surface area contributed by atoms with Crippen molar-refractivity contribution in [1.82, 2.24) is 15.1 Å². The highest BCUT2D eigenvalue weighted by Gasteiger charge is 2.40. The van der Waals surface area contributed by atoms with Gasteiger partial charge in [0.25, 0.3) is 0 Å². The van der Waals surface area contributed by atoms with Crippen LogP contribution in [0.3, 0.4) is 0 Å². The van der Waals surface area contributed by atoms with Crippen molar-refractivity contribution in [3.8, 4) is 0 Å². The number of halogens is 1. The molecule has 2 heterocycles. The quantitative estimate of drug-likeness (QED) is 0.691. The number of amides is 2. The van der Waals surface area contributed by atoms with Gasteiger partial charge in [-0.05, 0) is 56.8 Å². The highest BCUT2D eigenvalue weighted by atomic mass is 35.5. The Kier molecular flexibility index (Phi) is 6.60. The fraction of sp³-hybridized carbons (Fsp3) is 0.636. The van der Waals surface area contributed by atoms with Gasteiger partial charge in [0.05, 0.1) is 0 Å². The van der Waals surface area contributed by atoms with Crippen molar-refractivity contribution in [2.24, 2.45) is 5.92 Å². The zero-order chi connectivity index (χ0) is 20.2. The molecular formula is C22H31ClN4O2. The Morgan fingerprint density at radius 3 is 2.59 bits per heavy atom. The van der Waals surface area contributed by atoms with Gasteiger partial charge < -0.3 is 15.1 Å². The first-order valence-electron chi connectivity index (χ1n) is 10.9. The molecule has 1 aliphatic carbocycles. The summed E-state index contributed by atoms with van der Waals surface area (Å²) in [4.78, 5) is 31.5. The molecule has 2 saturated heterocycles. The van der Waals surface area contributed by atoms with Gasteiger partial charge in [0, 0.05) is 55.9 Å². The average molecular weight is 419 g/mol. The van der Waals surface area contributed by atoms with Gasteiger partial charge in [-0.1, -0.05) is 17.7 Å². The molecule has 3 aliphatic rings. The van der Waals surface area contributed by atoms with Gasteiger partial charge in [0.15, 0.2) is 0 Å². The van der Waals surface area contributed by atoms with Crippen LogP contribution >= 0.6 is 11.6 Å². The smallest absolute Gasteiger partial charge is 0.242 e. The molecule has 0 spiro atoms. The zero-order valence-corrected chi connectivity index (χ0v) is 17.7. The van der Waals surface area contributed by atoms with Crippen LogP contribution in [0.4, 0.5) is 5.69 Å². The molecule has 2 amide bonds. The van der Waals surface area contributed by atoms with Gasteiger partial charge in [0.2, 0.25) is 11.8 Å². The predicted molar refractivity (Wildman–Crippen MR) is 115 cm³/mol. The summed E-state index contributed by atoms with van der Waals surface area (Å²) in [5, 5.41) is 3.84. The van der Waals surface area contributed by atoms with E-state index in [2.05, 4.69) is 21.2 Å². The molecule has 1 aromatic carbocycles. The molecule has 0 radical (unpaired) electrons. The third-order valence-corrected chi connectivity index (χ3v) is 6.50. The maximum atomic E-state index is 12.5. The van der Waals surface area contributed by atoms with Crippen molar-refractivity contribution in [3.05, 3.63) is 29.3 Å². The zero-order valence-electron chi connectivity index (χ0n) is 17.0. The minimum Gasteiger partial charge on any atom is -0.369 e. The summed E-state index contributed by atoms with van der Waals surface area (Å²) >= 11 is 6.10. The largest absolute Gasteiger partial charge is 0.369 e. The molecule has 7 heteroatoms. The Bertz CT molecular complexity index is 731. The first kappa shape index (κ1) is 20.5. The second-order valence-corrected chi connectivity index (χ2v) is 8.85. The Balaban J connectivity index is 1.14. The molecule has 1 unspecified atom stereocenters. The maximum absolute atomic E-state index is 12.5. The lowest BCUT2D eigenvalue weighted by Gasteiger charge is -2.36. The van der Waals surface area contributed by atoms with Gasteiger partial charge in [-0.25, -0.2) is 0 Å². The van der Waals surface area contributed by atoms with Gasteiger partial charge in [-0.2, -0.15) is 0 Å². The van der Waals surface area contributed by atoms with E-state index in [0.717, 1.165) is 76.4 Å². The van der Waals surface area contributed by atoms with E-state index < -0.39 is 0 Å². The average Bonchev–Trinajstić information content (AvgIpc) is 3.47. The molecule has 3 fully saturated rings. The van der Waals surface area contributed by atoms with Crippen molar-refractivity contribution in [2.75, 3.05) is 50.7 Å². The molecule has 0 aromatic heterocycles. The van der Waals surface area contributed by atoms with Crippen LogP contribution < -0.4 is 10.2 Å². The molecule has 0 bridgehead atoms. The number of carbonyl (C=O) groups is 2. The molecule has 1 saturated carbocycles. The Morgan fingerprint density at radius 1 is 1.07 bits per heavy atom. The molecule has 1 atom stereocenters. The van der Waals surface area contributed by atoms with E-state index in [4.69, 9.17) is 11.6 Å². The lowest BCUT2D eigenvalue weighted by Crippen LogP contribution is -2.48. The predicted octanol–water partition coefficient (Wildman–Crippen LogP) is 2.37. The van der Waals surface area contributed by atoms with Crippen LogP contribution in [0.2, 0.25) is 5.02 Å². The SMILES string of the molecule is O=C(NCCCN1CCN(c2cccc(Cl)c2)CC1)C1CCCN1C(=O)C1CC1. The molecule has 1 aromatic rings. The maximum Gasteiger partial charge on any atom is 0.242 e. The molecule has 29 heavy (non-hydrogen) atoms. The summed E-state index contributed by atoms with van der Waals surface area (Å²) in [6.45, 7) is 6.43. The highest BCUT2D eigenvalue weighted by Crippen LogP contribution is 2.33. The fourth-order valence-electron chi connectivity index (χ4n) is 4.40. The first-order chi connectivity index (χ1) is 14.1. The summed E-state index contributed by atoms with van der Waals surface area (Å²) in [5.74, 6) is 0.413. The van der Waals surface area contributed by atoms with Crippen LogP contribution in [-0.4, -0.2) is 73.5 Å². The van der Waals surface area contributed by atoms with Gasteiger partial charge >= 0.3 is 0 Å². The second kappa shape index (κ2) is 9.35. The third kappa shape index (κ3) is 5.23. The number of nitrogens with one attached hydrogen (secondary N) is 1. The first-order valence-corrected chi connectivity index (χ1v) is 11.3. The monoisotopic (exact) mass is 418 g/mol. The number of benzene rings is 1. The Hall–Kier alpha value is -1.79. The number of piperazine rings is 1. The standard InChI is InChI=1S/C22H31ClN4O2/c23-18-4-1-5-19(16-18)26-14-12-25(13-15-26)10-3-9-24-21(28)20-6-2-11-27(20)22(29)17-7-8-17/h1,4-5,16-17,20H,2-3,6-15H2,(H,24,28). The van der Waals surface area contributed by atoms with E-state index in [1.165, 1.54) is 5.69 Å². The van der Waals surface area contributed by atoms with Crippen molar-refractivity contribution in [1.29, 1.82) is 0 Å². The van der Waals surface area contributed by atoms with Crippen LogP contribution in [0, 0.1) is 5.92 Å². The van der Waals surface area contributed by atoms with Gasteiger partial charge in [-0.15, -0.1) is 0 Å². The van der Waals surface area contributed by atoms with Crippen molar-refractivity contribution < 1.29 is 9.59 Å². The normalized spacial score (nSPS) is 22.7. The van der Waals surface area contributed by atoms with E-state index in [1.807, 2.05) is 23.1 Å². The van der Waals surface area contributed by atoms with E-state index in [1.54, 1.807) is 0 Å². The van der Waals surface area contributed by atoms with Crippen LogP contribution in [0.1, 0.15) is 32.1 Å². The molecule has 158 valence electrons. The molecule has 4 rings (SSSR count). The number of rotatable bonds is 7. The Labute approximate surface area is 178 Å². The number of carbonyl (C=O) groups excluding carboxylic acids is 2. The molecule has 6 nitrogen and oxygen atoms in total. The van der Waals surface area contributed by atoms with E-state index >= 15 is 0 Å². The van der Waals surface area contributed by atoms with Gasteiger partial charge in [-0.3, -0.25) is 14.5 Å². The lowest BCUT2D eigenvalue weighted by molar-refractivity contribution is -0.139. The van der Waals surface area contributed by atoms with E-state index in [-0.39, 0.29) is 23.8 Å². The number of hydrogen-bond acceptors (Lipinski definition) is 4. The summed E-state index contributed by atoms with van der Waals surface area (Å²) in [6, 6.07) is 7.78. The molecule has 2 aliphatic heterocycles. The molecule has 1 N–H and O–H groups in total. The van der Waals surface area contributed by atoms with Crippen molar-refractivity contribution in [2.45, 2.75) is 38.1 Å². The minimum absolute atomic E-state index is 0.0299. The second-order valence-electron chi connectivity index (χ2n) is 8.42. The van der Waals surface area contributed by atoms with Crippen LogP contribution in [0.5, 0.6) is 0 Å². The number of hydrogen-bond donors (Lipinski definition) is 1. The van der Waals surface area contributed by atoms with Crippen LogP contribution in [0.25, 0.3) is 0 Å². The lowest BCUT2D eigenvalue weighted by atomic mass is 10.2. The Morgan fingerprint density at radius 2 is 1.86 bits per heavy atom. The fourth-order valence-corrected chi connectivity index (χ4v) is 4.59. The number of nitrogens with zero attached hydrogens (tertiary/aromatic N) is 3. The minimum atomic E-state index is -0.246. The third-order valence-electron chi connectivity index (χ3n) is 6.26. The van der Waals surface area contributed by atoms with Gasteiger partial charge in [0.1, 0.15) is 6.04 Å². The van der Waals surface area contributed by atoms with Crippen molar-refractivity contribution >= 4 is 29.1 Å². The van der Waals surface area contributed by atoms with E-state index in [9.17, 15) is 9.59 Å². The van der Waals surface area contributed by atoms with Crippen LogP contribution in [-0.2, 0) is 9.59 Å². The summed E-state index contributed by atoms with van der Waals surface area (Å²) in [7, 11) is 0. The molecular weight excluding hydrogens is 388 g/mol. The number of anilines is 1. The van der Waals surface area contributed by atoms with Crippen molar-refractivity contribution in [3.63, 3.8) is 0 Å². The van der Waals surface area contributed by atoms with Crippen LogP contribution in [0.15, 0.2) is 24.3 Å². The topological polar surface area (TPSA) is 55.9 Å².